The molecule has 2 heteroatoms. The molecule has 0 aliphatic rings. The fraction of sp³-hybridized carbons (Fsp3) is 0.250. The maximum atomic E-state index is 4.17. The molecule has 72 valence electrons. The highest BCUT2D eigenvalue weighted by Crippen LogP contribution is 2.22. The fourth-order valence-corrected chi connectivity index (χ4v) is 1.66. The Labute approximate surface area is 84.0 Å². The molecule has 1 N–H and O–H groups in total. The van der Waals surface area contributed by atoms with Crippen LogP contribution in [0.5, 0.6) is 0 Å². The van der Waals surface area contributed by atoms with Gasteiger partial charge in [-0.25, -0.2) is 0 Å². The second kappa shape index (κ2) is 4.09. The van der Waals surface area contributed by atoms with Crippen LogP contribution in [0, 0.1) is 0 Å². The number of nitrogens with one attached hydrogen (secondary N) is 1. The molecule has 0 saturated carbocycles. The van der Waals surface area contributed by atoms with Gasteiger partial charge in [-0.2, -0.15) is 0 Å². The first-order chi connectivity index (χ1) is 6.92. The minimum absolute atomic E-state index is 1.11. The summed E-state index contributed by atoms with van der Waals surface area (Å²) in [4.78, 5) is 7.24. The van der Waals surface area contributed by atoms with Crippen molar-refractivity contribution in [2.45, 2.75) is 19.8 Å². The van der Waals surface area contributed by atoms with Gasteiger partial charge in [0.15, 0.2) is 0 Å². The van der Waals surface area contributed by atoms with Crippen molar-refractivity contribution in [3.63, 3.8) is 0 Å². The zero-order chi connectivity index (χ0) is 9.80. The molecule has 0 fully saturated rings. The average molecular weight is 186 g/mol. The number of aryl methyl sites for hydroxylation is 1. The van der Waals surface area contributed by atoms with E-state index in [0.29, 0.717) is 0 Å². The maximum Gasteiger partial charge on any atom is 0.0349 e. The van der Waals surface area contributed by atoms with Crippen LogP contribution in [0.2, 0.25) is 0 Å². The van der Waals surface area contributed by atoms with Gasteiger partial charge in [-0.3, -0.25) is 4.98 Å². The molecule has 0 radical (unpaired) electrons. The Hall–Kier alpha value is -1.57. The molecule has 0 atom stereocenters. The van der Waals surface area contributed by atoms with E-state index >= 15 is 0 Å². The van der Waals surface area contributed by atoms with Crippen LogP contribution >= 0.6 is 0 Å². The van der Waals surface area contributed by atoms with Crippen molar-refractivity contribution >= 4 is 0 Å². The van der Waals surface area contributed by atoms with Crippen molar-refractivity contribution in [3.8, 4) is 11.1 Å². The Morgan fingerprint density at radius 2 is 2.29 bits per heavy atom. The molecule has 2 aromatic heterocycles. The molecule has 0 spiro atoms. The van der Waals surface area contributed by atoms with Gasteiger partial charge in [0.1, 0.15) is 0 Å². The molecule has 14 heavy (non-hydrogen) atoms. The lowest BCUT2D eigenvalue weighted by molar-refractivity contribution is 0.920. The van der Waals surface area contributed by atoms with Crippen molar-refractivity contribution in [2.75, 3.05) is 0 Å². The van der Waals surface area contributed by atoms with E-state index in [9.17, 15) is 0 Å². The van der Waals surface area contributed by atoms with Crippen LogP contribution in [0.15, 0.2) is 36.9 Å². The Morgan fingerprint density at radius 1 is 1.36 bits per heavy atom. The Bertz CT molecular complexity index is 390. The summed E-state index contributed by atoms with van der Waals surface area (Å²) in [5.74, 6) is 0. The molecule has 0 aliphatic heterocycles. The summed E-state index contributed by atoms with van der Waals surface area (Å²) in [5, 5.41) is 0. The Kier molecular flexibility index (Phi) is 2.63. The second-order valence-electron chi connectivity index (χ2n) is 3.38. The third-order valence-corrected chi connectivity index (χ3v) is 2.34. The normalized spacial score (nSPS) is 10.4. The van der Waals surface area contributed by atoms with E-state index in [-0.39, 0.29) is 0 Å². The maximum absolute atomic E-state index is 4.17. The van der Waals surface area contributed by atoms with Crippen LogP contribution in [-0.2, 0) is 6.42 Å². The molecular formula is C12H14N2. The third-order valence-electron chi connectivity index (χ3n) is 2.34. The zero-order valence-corrected chi connectivity index (χ0v) is 8.33. The van der Waals surface area contributed by atoms with Gasteiger partial charge in [0.25, 0.3) is 0 Å². The minimum Gasteiger partial charge on any atom is -0.367 e. The van der Waals surface area contributed by atoms with Gasteiger partial charge in [0.2, 0.25) is 0 Å². The summed E-state index contributed by atoms with van der Waals surface area (Å²) in [6, 6.07) is 4.18. The molecule has 2 nitrogen and oxygen atoms in total. The largest absolute Gasteiger partial charge is 0.367 e. The second-order valence-corrected chi connectivity index (χ2v) is 3.38. The predicted molar refractivity (Wildman–Crippen MR) is 58.0 cm³/mol. The van der Waals surface area contributed by atoms with Gasteiger partial charge in [0.05, 0.1) is 0 Å². The quantitative estimate of drug-likeness (QED) is 0.784. The Morgan fingerprint density at radius 3 is 3.00 bits per heavy atom. The van der Waals surface area contributed by atoms with E-state index in [1.54, 1.807) is 0 Å². The van der Waals surface area contributed by atoms with Crippen molar-refractivity contribution in [2.24, 2.45) is 0 Å². The monoisotopic (exact) mass is 186 g/mol. The van der Waals surface area contributed by atoms with Crippen LogP contribution in [-0.4, -0.2) is 9.97 Å². The highest BCUT2D eigenvalue weighted by molar-refractivity contribution is 5.65. The molecule has 0 aliphatic carbocycles. The van der Waals surface area contributed by atoms with Gasteiger partial charge in [-0.15, -0.1) is 0 Å². The van der Waals surface area contributed by atoms with Crippen LogP contribution < -0.4 is 0 Å². The van der Waals surface area contributed by atoms with Gasteiger partial charge < -0.3 is 4.98 Å². The molecule has 0 bridgehead atoms. The number of rotatable bonds is 3. The van der Waals surface area contributed by atoms with E-state index in [0.717, 1.165) is 6.42 Å². The number of aromatic amines is 1. The predicted octanol–water partition coefficient (Wildman–Crippen LogP) is 3.03. The van der Waals surface area contributed by atoms with Crippen LogP contribution in [0.4, 0.5) is 0 Å². The standard InChI is InChI=1S/C12H14N2/c1-2-3-10-4-6-14-9-12(10)11-5-7-13-8-11/h4-9,13H,2-3H2,1H3. The topological polar surface area (TPSA) is 28.7 Å². The fourth-order valence-electron chi connectivity index (χ4n) is 1.66. The number of H-pyrrole nitrogens is 1. The number of aromatic nitrogens is 2. The molecule has 0 amide bonds. The highest BCUT2D eigenvalue weighted by Gasteiger charge is 2.03. The molecule has 0 aromatic carbocycles. The molecule has 2 aromatic rings. The van der Waals surface area contributed by atoms with Crippen molar-refractivity contribution in [1.82, 2.24) is 9.97 Å². The smallest absolute Gasteiger partial charge is 0.0349 e. The van der Waals surface area contributed by atoms with E-state index < -0.39 is 0 Å². The first kappa shape index (κ1) is 9.00. The van der Waals surface area contributed by atoms with Crippen molar-refractivity contribution in [3.05, 3.63) is 42.5 Å². The first-order valence-electron chi connectivity index (χ1n) is 4.98. The van der Waals surface area contributed by atoms with E-state index in [1.807, 2.05) is 24.8 Å². The van der Waals surface area contributed by atoms with Gasteiger partial charge >= 0.3 is 0 Å². The molecular weight excluding hydrogens is 172 g/mol. The molecule has 0 unspecified atom stereocenters. The lowest BCUT2D eigenvalue weighted by Crippen LogP contribution is -1.89. The summed E-state index contributed by atoms with van der Waals surface area (Å²) in [7, 11) is 0. The lowest BCUT2D eigenvalue weighted by Gasteiger charge is -2.05. The van der Waals surface area contributed by atoms with Gasteiger partial charge in [0, 0.05) is 35.9 Å². The van der Waals surface area contributed by atoms with Crippen LogP contribution in [0.3, 0.4) is 0 Å². The summed E-state index contributed by atoms with van der Waals surface area (Å²) in [6.07, 6.45) is 10.0. The Balaban J connectivity index is 2.42. The summed E-state index contributed by atoms with van der Waals surface area (Å²) in [5.41, 5.74) is 3.85. The highest BCUT2D eigenvalue weighted by atomic mass is 14.6. The van der Waals surface area contributed by atoms with Crippen molar-refractivity contribution in [1.29, 1.82) is 0 Å². The van der Waals surface area contributed by atoms with Gasteiger partial charge in [-0.1, -0.05) is 13.3 Å². The number of hydrogen-bond donors (Lipinski definition) is 1. The number of pyridine rings is 1. The molecule has 2 rings (SSSR count). The van der Waals surface area contributed by atoms with Crippen LogP contribution in [0.1, 0.15) is 18.9 Å². The summed E-state index contributed by atoms with van der Waals surface area (Å²) in [6.45, 7) is 2.20. The van der Waals surface area contributed by atoms with Gasteiger partial charge in [-0.05, 0) is 24.1 Å². The summed E-state index contributed by atoms with van der Waals surface area (Å²) < 4.78 is 0. The van der Waals surface area contributed by atoms with E-state index in [2.05, 4.69) is 29.0 Å². The zero-order valence-electron chi connectivity index (χ0n) is 8.33. The lowest BCUT2D eigenvalue weighted by atomic mass is 10.0. The number of hydrogen-bond acceptors (Lipinski definition) is 1. The SMILES string of the molecule is CCCc1ccncc1-c1cc[nH]c1. The molecule has 0 saturated heterocycles. The van der Waals surface area contributed by atoms with Crippen LogP contribution in [0.25, 0.3) is 11.1 Å². The van der Waals surface area contributed by atoms with E-state index in [4.69, 9.17) is 0 Å². The minimum atomic E-state index is 1.11. The average Bonchev–Trinajstić information content (AvgIpc) is 2.72. The van der Waals surface area contributed by atoms with Crippen molar-refractivity contribution < 1.29 is 0 Å². The summed E-state index contributed by atoms with van der Waals surface area (Å²) >= 11 is 0. The molecule has 2 heterocycles. The van der Waals surface area contributed by atoms with E-state index in [1.165, 1.54) is 23.1 Å². The third kappa shape index (κ3) is 1.69. The first-order valence-corrected chi connectivity index (χ1v) is 4.98. The number of nitrogens with zero attached hydrogens (tertiary/aromatic N) is 1.